The van der Waals surface area contributed by atoms with Gasteiger partial charge < -0.3 is 29.9 Å². The Bertz CT molecular complexity index is 1690. The summed E-state index contributed by atoms with van der Waals surface area (Å²) in [5, 5.41) is 24.3. The van der Waals surface area contributed by atoms with Crippen molar-refractivity contribution < 1.29 is 42.2 Å². The van der Waals surface area contributed by atoms with Crippen LogP contribution in [0.2, 0.25) is 0 Å². The Labute approximate surface area is 331 Å². The fraction of sp³-hybridized carbons (Fsp3) is 0.683. The van der Waals surface area contributed by atoms with Crippen molar-refractivity contribution in [2.45, 2.75) is 154 Å². The predicted octanol–water partition coefficient (Wildman–Crippen LogP) is 8.68. The van der Waals surface area contributed by atoms with Gasteiger partial charge in [-0.15, -0.1) is 0 Å². The Morgan fingerprint density at radius 3 is 2.29 bits per heavy atom. The van der Waals surface area contributed by atoms with Crippen LogP contribution in [0.15, 0.2) is 36.7 Å². The lowest BCUT2D eigenvalue weighted by Gasteiger charge is -2.25. The lowest BCUT2D eigenvalue weighted by Crippen LogP contribution is -2.29. The highest BCUT2D eigenvalue weighted by molar-refractivity contribution is 7.47. The molecule has 1 fully saturated rings. The predicted molar refractivity (Wildman–Crippen MR) is 212 cm³/mol. The van der Waals surface area contributed by atoms with Crippen molar-refractivity contribution in [1.82, 2.24) is 14.6 Å². The van der Waals surface area contributed by atoms with Crippen LogP contribution in [0.5, 0.6) is 0 Å². The van der Waals surface area contributed by atoms with Crippen molar-refractivity contribution in [3.05, 3.63) is 59.3 Å². The minimum absolute atomic E-state index is 0.0569. The van der Waals surface area contributed by atoms with Crippen LogP contribution in [-0.4, -0.2) is 69.3 Å². The summed E-state index contributed by atoms with van der Waals surface area (Å²) in [6, 6.07) is 9.36. The van der Waals surface area contributed by atoms with Crippen LogP contribution in [0.3, 0.4) is 0 Å². The van der Waals surface area contributed by atoms with Crippen molar-refractivity contribution in [2.75, 3.05) is 32.2 Å². The first-order chi connectivity index (χ1) is 27.0. The van der Waals surface area contributed by atoms with Gasteiger partial charge in [-0.2, -0.15) is 10.4 Å². The number of phosphoric ester groups is 1. The van der Waals surface area contributed by atoms with Crippen LogP contribution in [0.4, 0.5) is 10.2 Å². The first-order valence-corrected chi connectivity index (χ1v) is 22.0. The molecule has 0 saturated carbocycles. The van der Waals surface area contributed by atoms with E-state index in [2.05, 4.69) is 17.0 Å². The fourth-order valence-corrected chi connectivity index (χ4v) is 7.92. The second-order valence-electron chi connectivity index (χ2n) is 15.2. The summed E-state index contributed by atoms with van der Waals surface area (Å²) in [5.74, 6) is -0.277. The topological polar surface area (TPSA) is 184 Å². The van der Waals surface area contributed by atoms with Gasteiger partial charge in [0, 0.05) is 13.0 Å². The molecule has 1 saturated heterocycles. The maximum absolute atomic E-state index is 14.0. The second-order valence-corrected chi connectivity index (χ2v) is 16.6. The first kappa shape index (κ1) is 45.7. The molecule has 3 heterocycles. The molecule has 1 aromatic carbocycles. The summed E-state index contributed by atoms with van der Waals surface area (Å²) < 4.78 is 57.2. The van der Waals surface area contributed by atoms with Gasteiger partial charge in [0.1, 0.15) is 35.5 Å². The number of halogens is 1. The summed E-state index contributed by atoms with van der Waals surface area (Å²) >= 11 is 0. The Balaban J connectivity index is 1.16. The number of fused-ring (bicyclic) bond motifs is 1. The van der Waals surface area contributed by atoms with Gasteiger partial charge in [0.15, 0.2) is 5.82 Å². The number of phosphoric acid groups is 1. The number of rotatable bonds is 29. The van der Waals surface area contributed by atoms with Crippen molar-refractivity contribution >= 4 is 19.2 Å². The molecule has 1 unspecified atom stereocenters. The average molecular weight is 804 g/mol. The molecule has 1 aliphatic heterocycles. The van der Waals surface area contributed by atoms with Crippen LogP contribution in [0, 0.1) is 17.1 Å². The molecule has 13 nitrogen and oxygen atoms in total. The highest BCUT2D eigenvalue weighted by Gasteiger charge is 2.46. The Kier molecular flexibility index (Phi) is 19.6. The lowest BCUT2D eigenvalue weighted by molar-refractivity contribution is -0.0739. The highest BCUT2D eigenvalue weighted by atomic mass is 31.2. The largest absolute Gasteiger partial charge is 0.472 e. The average Bonchev–Trinajstić information content (AvgIpc) is 3.75. The van der Waals surface area contributed by atoms with Crippen LogP contribution < -0.4 is 5.73 Å². The van der Waals surface area contributed by atoms with Gasteiger partial charge in [0.25, 0.3) is 0 Å². The molecule has 312 valence electrons. The molecule has 5 atom stereocenters. The third-order valence-corrected chi connectivity index (χ3v) is 11.3. The number of nitrogens with zero attached hydrogens (tertiary/aromatic N) is 4. The maximum atomic E-state index is 14.0. The third-order valence-electron chi connectivity index (χ3n) is 10.3. The molecule has 4 N–H and O–H groups in total. The van der Waals surface area contributed by atoms with Gasteiger partial charge in [-0.25, -0.2) is 18.5 Å². The normalized spacial score (nSPS) is 20.0. The fourth-order valence-electron chi connectivity index (χ4n) is 7.16. The molecule has 2 aromatic heterocycles. The molecule has 0 bridgehead atoms. The lowest BCUT2D eigenvalue weighted by atomic mass is 9.97. The van der Waals surface area contributed by atoms with Crippen molar-refractivity contribution in [1.29, 1.82) is 5.26 Å². The number of aromatic nitrogens is 3. The second kappa shape index (κ2) is 24.1. The highest BCUT2D eigenvalue weighted by Crippen LogP contribution is 2.46. The molecule has 15 heteroatoms. The Morgan fingerprint density at radius 1 is 1.00 bits per heavy atom. The number of ether oxygens (including phenoxy) is 3. The van der Waals surface area contributed by atoms with Crippen LogP contribution in [0.25, 0.3) is 5.52 Å². The molecule has 56 heavy (non-hydrogen) atoms. The van der Waals surface area contributed by atoms with E-state index in [0.717, 1.165) is 25.3 Å². The summed E-state index contributed by atoms with van der Waals surface area (Å²) in [6.45, 7) is 3.71. The van der Waals surface area contributed by atoms with E-state index in [9.17, 15) is 24.2 Å². The number of nitrogens with two attached hydrogens (primary N) is 1. The van der Waals surface area contributed by atoms with Gasteiger partial charge in [0.2, 0.25) is 0 Å². The van der Waals surface area contributed by atoms with E-state index < -0.39 is 44.2 Å². The minimum Gasteiger partial charge on any atom is -0.390 e. The number of hydrogen-bond donors (Lipinski definition) is 3. The van der Waals surface area contributed by atoms with E-state index in [1.165, 1.54) is 102 Å². The van der Waals surface area contributed by atoms with E-state index in [4.69, 9.17) is 29.0 Å². The standard InChI is InChI=1S/C41H63FN5O8P/c1-3-4-5-6-7-8-9-10-11-12-13-14-15-16-17-18-21-51-28-35(52-27-33-22-32(26-43)23-34(42)24-33)29-53-56(49,50)54-30-38-37(48)25-41(2,55-38)39-20-19-36-40(44)45-31-46-47(36)39/h19-20,22-24,31,35,37-38,48H,3-18,21,25,27-30H2,1-2H3,(H,49,50)(H2,44,45,46)/t35-,37+,38-,41-/m1/s1. The van der Waals surface area contributed by atoms with Crippen molar-refractivity contribution in [3.63, 3.8) is 0 Å². The summed E-state index contributed by atoms with van der Waals surface area (Å²) in [6.07, 6.45) is 19.1. The van der Waals surface area contributed by atoms with Crippen molar-refractivity contribution in [2.24, 2.45) is 0 Å². The van der Waals surface area contributed by atoms with Crippen molar-refractivity contribution in [3.8, 4) is 6.07 Å². The molecule has 1 aliphatic rings. The van der Waals surface area contributed by atoms with E-state index in [1.54, 1.807) is 23.6 Å². The quantitative estimate of drug-likeness (QED) is 0.0449. The maximum Gasteiger partial charge on any atom is 0.472 e. The van der Waals surface area contributed by atoms with Gasteiger partial charge in [-0.05, 0) is 49.2 Å². The SMILES string of the molecule is CCCCCCCCCCCCCCCCCCOC[C@H](COP(=O)(O)OC[C@H]1O[C@@](C)(c2ccc3c(N)ncnn23)C[C@@H]1O)OCc1cc(F)cc(C#N)c1. The van der Waals surface area contributed by atoms with Gasteiger partial charge in [-0.1, -0.05) is 103 Å². The molecule has 3 aromatic rings. The number of hydrogen-bond acceptors (Lipinski definition) is 11. The van der Waals surface area contributed by atoms with Gasteiger partial charge >= 0.3 is 7.82 Å². The molecular formula is C41H63FN5O8P. The van der Waals surface area contributed by atoms with E-state index in [-0.39, 0.29) is 31.8 Å². The zero-order valence-electron chi connectivity index (χ0n) is 33.3. The number of aliphatic hydroxyl groups excluding tert-OH is 1. The Morgan fingerprint density at radius 2 is 1.64 bits per heavy atom. The van der Waals surface area contributed by atoms with Crippen LogP contribution in [-0.2, 0) is 40.0 Å². The number of anilines is 1. The van der Waals surface area contributed by atoms with E-state index in [1.807, 2.05) is 6.07 Å². The zero-order valence-corrected chi connectivity index (χ0v) is 34.2. The monoisotopic (exact) mass is 803 g/mol. The Hall–Kier alpha value is -2.99. The molecule has 0 spiro atoms. The number of nitriles is 1. The minimum atomic E-state index is -4.64. The van der Waals surface area contributed by atoms with Gasteiger partial charge in [-0.3, -0.25) is 9.05 Å². The molecule has 0 aliphatic carbocycles. The molecule has 0 amide bonds. The van der Waals surface area contributed by atoms with Crippen LogP contribution in [0.1, 0.15) is 140 Å². The summed E-state index contributed by atoms with van der Waals surface area (Å²) in [4.78, 5) is 14.6. The van der Waals surface area contributed by atoms with E-state index >= 15 is 0 Å². The number of unbranched alkanes of at least 4 members (excludes halogenated alkanes) is 15. The number of benzene rings is 1. The van der Waals surface area contributed by atoms with E-state index in [0.29, 0.717) is 29.2 Å². The molecule has 4 rings (SSSR count). The number of aliphatic hydroxyl groups is 1. The van der Waals surface area contributed by atoms with Gasteiger partial charge in [0.05, 0.1) is 49.9 Å². The first-order valence-electron chi connectivity index (χ1n) is 20.5. The molecule has 0 radical (unpaired) electrons. The summed E-state index contributed by atoms with van der Waals surface area (Å²) in [7, 11) is -4.64. The number of nitrogen functional groups attached to an aromatic ring is 1. The smallest absolute Gasteiger partial charge is 0.390 e. The third kappa shape index (κ3) is 15.4. The van der Waals surface area contributed by atoms with Crippen LogP contribution >= 0.6 is 7.82 Å². The molecular weight excluding hydrogens is 740 g/mol. The zero-order chi connectivity index (χ0) is 40.2. The summed E-state index contributed by atoms with van der Waals surface area (Å²) in [5.41, 5.74) is 6.77.